The lowest BCUT2D eigenvalue weighted by molar-refractivity contribution is 0.0374. The van der Waals surface area contributed by atoms with Crippen LogP contribution in [0.2, 0.25) is 0 Å². The van der Waals surface area contributed by atoms with Crippen LogP contribution in [0, 0.1) is 0 Å². The Labute approximate surface area is 171 Å². The zero-order valence-corrected chi connectivity index (χ0v) is 18.1. The van der Waals surface area contributed by atoms with Crippen LogP contribution in [0.4, 0.5) is 0 Å². The Morgan fingerprint density at radius 3 is 2.60 bits per heavy atom. The van der Waals surface area contributed by atoms with Crippen LogP contribution in [0.15, 0.2) is 16.6 Å². The highest BCUT2D eigenvalue weighted by Crippen LogP contribution is 2.36. The second-order valence-corrected chi connectivity index (χ2v) is 6.38. The Morgan fingerprint density at radius 1 is 1.24 bits per heavy atom. The fourth-order valence-corrected chi connectivity index (χ4v) is 3.25. The van der Waals surface area contributed by atoms with E-state index in [-0.39, 0.29) is 24.8 Å². The van der Waals surface area contributed by atoms with Gasteiger partial charge in [0, 0.05) is 19.6 Å². The number of ether oxygens (including phenoxy) is 3. The van der Waals surface area contributed by atoms with E-state index in [0.29, 0.717) is 6.61 Å². The van der Waals surface area contributed by atoms with Gasteiger partial charge in [0.15, 0.2) is 11.5 Å². The maximum absolute atomic E-state index is 5.62. The van der Waals surface area contributed by atoms with E-state index < -0.39 is 0 Å². The summed E-state index contributed by atoms with van der Waals surface area (Å²) in [5.74, 6) is 1.54. The van der Waals surface area contributed by atoms with Crippen molar-refractivity contribution in [1.82, 2.24) is 10.2 Å². The summed E-state index contributed by atoms with van der Waals surface area (Å²) >= 11 is 3.56. The molecule has 5 nitrogen and oxygen atoms in total. The second-order valence-electron chi connectivity index (χ2n) is 5.53. The third-order valence-electron chi connectivity index (χ3n) is 3.84. The molecule has 1 saturated heterocycles. The maximum Gasteiger partial charge on any atom is 0.175 e. The molecule has 0 atom stereocenters. The number of hydrogen-bond acceptors (Lipinski definition) is 5. The van der Waals surface area contributed by atoms with Crippen LogP contribution >= 0.6 is 40.7 Å². The third kappa shape index (κ3) is 8.33. The first kappa shape index (κ1) is 24.8. The normalized spacial score (nSPS) is 14.4. The third-order valence-corrected chi connectivity index (χ3v) is 4.43. The topological polar surface area (TPSA) is 43.0 Å². The molecule has 1 fully saturated rings. The largest absolute Gasteiger partial charge is 0.493 e. The van der Waals surface area contributed by atoms with Crippen LogP contribution in [-0.2, 0) is 11.3 Å². The molecule has 0 bridgehead atoms. The van der Waals surface area contributed by atoms with E-state index in [2.05, 4.69) is 32.2 Å². The second kappa shape index (κ2) is 13.9. The highest BCUT2D eigenvalue weighted by atomic mass is 79.9. The Bertz CT molecular complexity index is 489. The van der Waals surface area contributed by atoms with Gasteiger partial charge in [0.25, 0.3) is 0 Å². The van der Waals surface area contributed by atoms with E-state index in [1.807, 2.05) is 13.0 Å². The molecule has 0 aromatic heterocycles. The van der Waals surface area contributed by atoms with Crippen molar-refractivity contribution in [2.24, 2.45) is 0 Å². The van der Waals surface area contributed by atoms with E-state index in [0.717, 1.165) is 68.3 Å². The van der Waals surface area contributed by atoms with Crippen molar-refractivity contribution in [2.45, 2.75) is 19.9 Å². The van der Waals surface area contributed by atoms with Crippen LogP contribution in [0.5, 0.6) is 11.5 Å². The molecule has 0 spiro atoms. The number of morpholine rings is 1. The predicted octanol–water partition coefficient (Wildman–Crippen LogP) is 3.51. The van der Waals surface area contributed by atoms with Gasteiger partial charge in [-0.05, 0) is 60.1 Å². The van der Waals surface area contributed by atoms with Crippen LogP contribution in [0.1, 0.15) is 18.9 Å². The van der Waals surface area contributed by atoms with Crippen molar-refractivity contribution in [2.75, 3.05) is 53.1 Å². The molecule has 146 valence electrons. The van der Waals surface area contributed by atoms with Gasteiger partial charge in [-0.15, -0.1) is 24.8 Å². The average molecular weight is 460 g/mol. The first-order valence-corrected chi connectivity index (χ1v) is 9.04. The molecule has 1 aliphatic heterocycles. The van der Waals surface area contributed by atoms with Gasteiger partial charge in [-0.1, -0.05) is 0 Å². The van der Waals surface area contributed by atoms with Gasteiger partial charge in [-0.3, -0.25) is 4.90 Å². The summed E-state index contributed by atoms with van der Waals surface area (Å²) in [4.78, 5) is 2.46. The number of nitrogens with one attached hydrogen (secondary N) is 1. The summed E-state index contributed by atoms with van der Waals surface area (Å²) in [7, 11) is 1.67. The lowest BCUT2D eigenvalue weighted by Crippen LogP contribution is -2.37. The quantitative estimate of drug-likeness (QED) is 0.572. The molecule has 0 radical (unpaired) electrons. The number of nitrogens with zero attached hydrogens (tertiary/aromatic N) is 1. The molecular weight excluding hydrogens is 431 g/mol. The minimum absolute atomic E-state index is 0. The van der Waals surface area contributed by atoms with Gasteiger partial charge in [-0.2, -0.15) is 0 Å². The van der Waals surface area contributed by atoms with Crippen LogP contribution in [-0.4, -0.2) is 58.0 Å². The molecule has 1 N–H and O–H groups in total. The average Bonchev–Trinajstić information content (AvgIpc) is 2.57. The molecule has 1 aliphatic rings. The van der Waals surface area contributed by atoms with Gasteiger partial charge in [0.05, 0.1) is 31.4 Å². The Morgan fingerprint density at radius 2 is 1.96 bits per heavy atom. The highest BCUT2D eigenvalue weighted by molar-refractivity contribution is 9.10. The highest BCUT2D eigenvalue weighted by Gasteiger charge is 2.11. The van der Waals surface area contributed by atoms with Crippen molar-refractivity contribution in [3.8, 4) is 11.5 Å². The summed E-state index contributed by atoms with van der Waals surface area (Å²) in [5, 5.41) is 3.50. The molecule has 0 amide bonds. The van der Waals surface area contributed by atoms with Gasteiger partial charge >= 0.3 is 0 Å². The first-order valence-electron chi connectivity index (χ1n) is 8.24. The first-order chi connectivity index (χ1) is 11.2. The Hall–Kier alpha value is -0.240. The van der Waals surface area contributed by atoms with Gasteiger partial charge in [-0.25, -0.2) is 0 Å². The SMILES string of the molecule is CCOc1c(Br)cc(CNCCCN2CCOCC2)cc1OC.Cl.Cl. The summed E-state index contributed by atoms with van der Waals surface area (Å²) < 4.78 is 17.3. The van der Waals surface area contributed by atoms with Crippen LogP contribution in [0.3, 0.4) is 0 Å². The van der Waals surface area contributed by atoms with E-state index in [9.17, 15) is 0 Å². The minimum Gasteiger partial charge on any atom is -0.493 e. The lowest BCUT2D eigenvalue weighted by Gasteiger charge is -2.26. The van der Waals surface area contributed by atoms with Crippen molar-refractivity contribution in [1.29, 1.82) is 0 Å². The van der Waals surface area contributed by atoms with Crippen LogP contribution < -0.4 is 14.8 Å². The predicted molar refractivity (Wildman–Crippen MR) is 110 cm³/mol. The summed E-state index contributed by atoms with van der Waals surface area (Å²) in [6.45, 7) is 9.40. The monoisotopic (exact) mass is 458 g/mol. The number of rotatable bonds is 9. The van der Waals surface area contributed by atoms with Crippen molar-refractivity contribution < 1.29 is 14.2 Å². The molecular formula is C17H29BrCl2N2O3. The van der Waals surface area contributed by atoms with Crippen LogP contribution in [0.25, 0.3) is 0 Å². The summed E-state index contributed by atoms with van der Waals surface area (Å²) in [6.07, 6.45) is 1.15. The Kier molecular flexibility index (Phi) is 13.8. The molecule has 1 heterocycles. The van der Waals surface area contributed by atoms with Crippen molar-refractivity contribution in [3.05, 3.63) is 22.2 Å². The van der Waals surface area contributed by atoms with Gasteiger partial charge in [0.2, 0.25) is 0 Å². The number of benzene rings is 1. The molecule has 1 aromatic rings. The van der Waals surface area contributed by atoms with E-state index in [1.54, 1.807) is 7.11 Å². The standard InChI is InChI=1S/C17H27BrN2O3.2ClH/c1-3-23-17-15(18)11-14(12-16(17)21-2)13-19-5-4-6-20-7-9-22-10-8-20;;/h11-12,19H,3-10,13H2,1-2H3;2*1H. The molecule has 2 rings (SSSR count). The fourth-order valence-electron chi connectivity index (χ4n) is 2.64. The number of hydrogen-bond donors (Lipinski definition) is 1. The molecule has 1 aromatic carbocycles. The van der Waals surface area contributed by atoms with E-state index in [1.165, 1.54) is 5.56 Å². The molecule has 0 saturated carbocycles. The summed E-state index contributed by atoms with van der Waals surface area (Å²) in [6, 6.07) is 4.12. The molecule has 0 unspecified atom stereocenters. The lowest BCUT2D eigenvalue weighted by atomic mass is 10.2. The van der Waals surface area contributed by atoms with Gasteiger partial charge < -0.3 is 19.5 Å². The zero-order chi connectivity index (χ0) is 16.5. The zero-order valence-electron chi connectivity index (χ0n) is 14.9. The van der Waals surface area contributed by atoms with E-state index in [4.69, 9.17) is 14.2 Å². The fraction of sp³-hybridized carbons (Fsp3) is 0.647. The van der Waals surface area contributed by atoms with E-state index >= 15 is 0 Å². The van der Waals surface area contributed by atoms with Crippen molar-refractivity contribution in [3.63, 3.8) is 0 Å². The molecule has 0 aliphatic carbocycles. The van der Waals surface area contributed by atoms with Crippen molar-refractivity contribution >= 4 is 40.7 Å². The number of methoxy groups -OCH3 is 1. The smallest absolute Gasteiger partial charge is 0.175 e. The minimum atomic E-state index is 0. The molecule has 25 heavy (non-hydrogen) atoms. The van der Waals surface area contributed by atoms with Gasteiger partial charge in [0.1, 0.15) is 0 Å². The maximum atomic E-state index is 5.62. The summed E-state index contributed by atoms with van der Waals surface area (Å²) in [5.41, 5.74) is 1.18. The molecule has 8 heteroatoms. The Balaban J connectivity index is 0.00000288. The number of halogens is 3.